The third-order valence-corrected chi connectivity index (χ3v) is 3.77. The van der Waals surface area contributed by atoms with Gasteiger partial charge in [0.25, 0.3) is 0 Å². The third kappa shape index (κ3) is 4.98. The van der Waals surface area contributed by atoms with Crippen LogP contribution in [0.5, 0.6) is 0 Å². The fourth-order valence-electron chi connectivity index (χ4n) is 2.40. The monoisotopic (exact) mass is 354 g/mol. The summed E-state index contributed by atoms with van der Waals surface area (Å²) in [6.45, 7) is 4.63. The van der Waals surface area contributed by atoms with Gasteiger partial charge < -0.3 is 9.84 Å². The van der Waals surface area contributed by atoms with Crippen LogP contribution in [0.1, 0.15) is 49.9 Å². The van der Waals surface area contributed by atoms with Crippen LogP contribution in [0.2, 0.25) is 0 Å². The average Bonchev–Trinajstić information content (AvgIpc) is 3.26. The molecule has 3 aromatic heterocycles. The van der Waals surface area contributed by atoms with Gasteiger partial charge in [-0.2, -0.15) is 10.1 Å². The number of amides is 1. The molecule has 3 rings (SSSR count). The highest BCUT2D eigenvalue weighted by Gasteiger charge is 2.11. The van der Waals surface area contributed by atoms with Crippen molar-refractivity contribution in [2.45, 2.75) is 45.6 Å². The highest BCUT2D eigenvalue weighted by atomic mass is 16.5. The van der Waals surface area contributed by atoms with Crippen molar-refractivity contribution < 1.29 is 9.32 Å². The number of nitrogens with one attached hydrogen (secondary N) is 1. The standard InChI is InChI=1S/C18H22N6O2/c1-13(2)18-21-17(26-23-18)7-3-6-16(25)20-15-8-10-24(22-15)12-14-5-4-9-19-11-14/h4-5,8-11,13H,3,6-7,12H2,1-2H3,(H,20,22,25). The zero-order valence-electron chi connectivity index (χ0n) is 14.9. The molecule has 0 aliphatic heterocycles. The number of anilines is 1. The molecule has 0 bridgehead atoms. The molecular weight excluding hydrogens is 332 g/mol. The van der Waals surface area contributed by atoms with E-state index in [-0.39, 0.29) is 11.8 Å². The number of carbonyl (C=O) groups excluding carboxylic acids is 1. The van der Waals surface area contributed by atoms with Gasteiger partial charge in [-0.1, -0.05) is 25.1 Å². The van der Waals surface area contributed by atoms with Crippen LogP contribution in [-0.2, 0) is 17.8 Å². The highest BCUT2D eigenvalue weighted by Crippen LogP contribution is 2.12. The number of hydrogen-bond acceptors (Lipinski definition) is 6. The van der Waals surface area contributed by atoms with Crippen LogP contribution in [0, 0.1) is 0 Å². The molecule has 3 heterocycles. The van der Waals surface area contributed by atoms with E-state index in [1.54, 1.807) is 23.1 Å². The van der Waals surface area contributed by atoms with Crippen LogP contribution in [0.3, 0.4) is 0 Å². The second-order valence-corrected chi connectivity index (χ2v) is 6.36. The van der Waals surface area contributed by atoms with Gasteiger partial charge in [0.1, 0.15) is 0 Å². The van der Waals surface area contributed by atoms with Gasteiger partial charge in [-0.15, -0.1) is 0 Å². The van der Waals surface area contributed by atoms with E-state index in [9.17, 15) is 4.79 Å². The first-order chi connectivity index (χ1) is 12.6. The van der Waals surface area contributed by atoms with Crippen molar-refractivity contribution in [2.24, 2.45) is 0 Å². The molecule has 8 nitrogen and oxygen atoms in total. The lowest BCUT2D eigenvalue weighted by Crippen LogP contribution is -2.12. The largest absolute Gasteiger partial charge is 0.339 e. The van der Waals surface area contributed by atoms with Crippen molar-refractivity contribution in [3.05, 3.63) is 54.1 Å². The predicted molar refractivity (Wildman–Crippen MR) is 95.5 cm³/mol. The maximum atomic E-state index is 12.0. The Morgan fingerprint density at radius 3 is 2.96 bits per heavy atom. The van der Waals surface area contributed by atoms with Gasteiger partial charge in [-0.05, 0) is 18.1 Å². The summed E-state index contributed by atoms with van der Waals surface area (Å²) in [6, 6.07) is 5.64. The Bertz CT molecular complexity index is 840. The molecule has 0 radical (unpaired) electrons. The van der Waals surface area contributed by atoms with Crippen LogP contribution in [-0.4, -0.2) is 30.8 Å². The van der Waals surface area contributed by atoms with Gasteiger partial charge in [0.2, 0.25) is 11.8 Å². The molecule has 0 aliphatic carbocycles. The van der Waals surface area contributed by atoms with E-state index >= 15 is 0 Å². The summed E-state index contributed by atoms with van der Waals surface area (Å²) in [6.07, 6.45) is 6.95. The van der Waals surface area contributed by atoms with Crippen LogP contribution in [0.15, 0.2) is 41.3 Å². The van der Waals surface area contributed by atoms with E-state index in [1.165, 1.54) is 0 Å². The van der Waals surface area contributed by atoms with Crippen molar-refractivity contribution >= 4 is 11.7 Å². The van der Waals surface area contributed by atoms with Crippen LogP contribution < -0.4 is 5.32 Å². The van der Waals surface area contributed by atoms with Crippen LogP contribution in [0.25, 0.3) is 0 Å². The summed E-state index contributed by atoms with van der Waals surface area (Å²) < 4.78 is 6.93. The lowest BCUT2D eigenvalue weighted by atomic mass is 10.2. The first-order valence-corrected chi connectivity index (χ1v) is 8.65. The number of aryl methyl sites for hydroxylation is 1. The normalized spacial score (nSPS) is 11.0. The summed E-state index contributed by atoms with van der Waals surface area (Å²) >= 11 is 0. The zero-order chi connectivity index (χ0) is 18.4. The molecule has 0 fully saturated rings. The molecule has 3 aromatic rings. The lowest BCUT2D eigenvalue weighted by molar-refractivity contribution is -0.116. The second kappa shape index (κ2) is 8.37. The van der Waals surface area contributed by atoms with E-state index in [2.05, 4.69) is 25.5 Å². The van der Waals surface area contributed by atoms with Gasteiger partial charge in [-0.25, -0.2) is 0 Å². The molecule has 0 saturated carbocycles. The number of rotatable bonds is 8. The number of hydrogen-bond donors (Lipinski definition) is 1. The van der Waals surface area contributed by atoms with Gasteiger partial charge in [0.05, 0.1) is 6.54 Å². The molecule has 1 N–H and O–H groups in total. The molecule has 26 heavy (non-hydrogen) atoms. The van der Waals surface area contributed by atoms with E-state index in [0.717, 1.165) is 5.56 Å². The molecule has 0 aromatic carbocycles. The van der Waals surface area contributed by atoms with E-state index in [4.69, 9.17) is 4.52 Å². The predicted octanol–water partition coefficient (Wildman–Crippen LogP) is 2.79. The zero-order valence-corrected chi connectivity index (χ0v) is 14.9. The van der Waals surface area contributed by atoms with Gasteiger partial charge >= 0.3 is 0 Å². The summed E-state index contributed by atoms with van der Waals surface area (Å²) in [7, 11) is 0. The number of pyridine rings is 1. The maximum Gasteiger partial charge on any atom is 0.226 e. The number of carbonyl (C=O) groups is 1. The molecule has 136 valence electrons. The SMILES string of the molecule is CC(C)c1noc(CCCC(=O)Nc2ccn(Cc3cccnc3)n2)n1. The summed E-state index contributed by atoms with van der Waals surface area (Å²) in [4.78, 5) is 20.4. The Morgan fingerprint density at radius 2 is 2.23 bits per heavy atom. The molecule has 1 amide bonds. The van der Waals surface area contributed by atoms with E-state index in [1.807, 2.05) is 32.2 Å². The Morgan fingerprint density at radius 1 is 1.35 bits per heavy atom. The summed E-state index contributed by atoms with van der Waals surface area (Å²) in [5, 5.41) is 11.1. The van der Waals surface area contributed by atoms with E-state index in [0.29, 0.717) is 43.3 Å². The Labute approximate surface area is 151 Å². The molecule has 8 heteroatoms. The van der Waals surface area contributed by atoms with Gasteiger partial charge in [0, 0.05) is 43.4 Å². The molecule has 0 aliphatic rings. The maximum absolute atomic E-state index is 12.0. The van der Waals surface area contributed by atoms with Crippen molar-refractivity contribution in [3.8, 4) is 0 Å². The topological polar surface area (TPSA) is 98.7 Å². The fourth-order valence-corrected chi connectivity index (χ4v) is 2.40. The minimum absolute atomic E-state index is 0.0831. The Kier molecular flexibility index (Phi) is 5.73. The van der Waals surface area contributed by atoms with Crippen molar-refractivity contribution in [2.75, 3.05) is 5.32 Å². The molecule has 0 unspecified atom stereocenters. The Balaban J connectivity index is 1.43. The average molecular weight is 354 g/mol. The van der Waals surface area contributed by atoms with Crippen molar-refractivity contribution in [1.82, 2.24) is 24.9 Å². The number of nitrogens with zero attached hydrogens (tertiary/aromatic N) is 5. The molecular formula is C18H22N6O2. The minimum atomic E-state index is -0.0831. The summed E-state index contributed by atoms with van der Waals surface area (Å²) in [5.41, 5.74) is 1.05. The highest BCUT2D eigenvalue weighted by molar-refractivity contribution is 5.89. The van der Waals surface area contributed by atoms with Gasteiger partial charge in [0.15, 0.2) is 11.6 Å². The summed E-state index contributed by atoms with van der Waals surface area (Å²) in [5.74, 6) is 1.96. The van der Waals surface area contributed by atoms with Crippen LogP contribution >= 0.6 is 0 Å². The molecule has 0 saturated heterocycles. The van der Waals surface area contributed by atoms with Gasteiger partial charge in [-0.3, -0.25) is 14.5 Å². The van der Waals surface area contributed by atoms with Crippen molar-refractivity contribution in [3.63, 3.8) is 0 Å². The third-order valence-electron chi connectivity index (χ3n) is 3.77. The number of aromatic nitrogens is 5. The first kappa shape index (κ1) is 17.8. The Hall–Kier alpha value is -3.03. The quantitative estimate of drug-likeness (QED) is 0.668. The molecule has 0 atom stereocenters. The van der Waals surface area contributed by atoms with Crippen LogP contribution in [0.4, 0.5) is 5.82 Å². The fraction of sp³-hybridized carbons (Fsp3) is 0.389. The lowest BCUT2D eigenvalue weighted by Gasteiger charge is -2.02. The minimum Gasteiger partial charge on any atom is -0.339 e. The smallest absolute Gasteiger partial charge is 0.226 e. The van der Waals surface area contributed by atoms with E-state index < -0.39 is 0 Å². The second-order valence-electron chi connectivity index (χ2n) is 6.36. The first-order valence-electron chi connectivity index (χ1n) is 8.65. The molecule has 0 spiro atoms. The van der Waals surface area contributed by atoms with Crippen molar-refractivity contribution in [1.29, 1.82) is 0 Å².